The lowest BCUT2D eigenvalue weighted by atomic mass is 10.2. The molecule has 2 rings (SSSR count). The molecule has 5 nitrogen and oxygen atoms in total. The fourth-order valence-corrected chi connectivity index (χ4v) is 2.29. The van der Waals surface area contributed by atoms with Crippen LogP contribution >= 0.6 is 11.8 Å². The van der Waals surface area contributed by atoms with E-state index in [-0.39, 0.29) is 0 Å². The molecule has 19 heavy (non-hydrogen) atoms. The maximum absolute atomic E-state index is 11.6. The minimum absolute atomic E-state index is 0.347. The second-order valence-corrected chi connectivity index (χ2v) is 4.86. The molecule has 0 atom stereocenters. The molecule has 1 heterocycles. The molecule has 0 saturated heterocycles. The van der Waals surface area contributed by atoms with Crippen LogP contribution in [-0.2, 0) is 4.74 Å². The van der Waals surface area contributed by atoms with E-state index < -0.39 is 5.97 Å². The molecule has 98 valence electrons. The first-order valence-electron chi connectivity index (χ1n) is 5.55. The van der Waals surface area contributed by atoms with Crippen LogP contribution in [0.15, 0.2) is 40.5 Å². The van der Waals surface area contributed by atoms with Crippen molar-refractivity contribution in [3.05, 3.63) is 41.7 Å². The average Bonchev–Trinajstić information content (AvgIpc) is 2.40. The molecule has 0 fully saturated rings. The number of anilines is 1. The van der Waals surface area contributed by atoms with Crippen LogP contribution < -0.4 is 5.73 Å². The van der Waals surface area contributed by atoms with Crippen LogP contribution in [-0.4, -0.2) is 23.0 Å². The number of ether oxygens (including phenoxy) is 1. The zero-order chi connectivity index (χ0) is 13.8. The Labute approximate surface area is 115 Å². The van der Waals surface area contributed by atoms with Gasteiger partial charge in [-0.05, 0) is 43.0 Å². The van der Waals surface area contributed by atoms with E-state index in [9.17, 15) is 4.79 Å². The molecular weight excluding hydrogens is 262 g/mol. The highest BCUT2D eigenvalue weighted by Gasteiger charge is 2.11. The number of nitrogen functional groups attached to an aromatic ring is 1. The van der Waals surface area contributed by atoms with Crippen molar-refractivity contribution in [3.8, 4) is 0 Å². The van der Waals surface area contributed by atoms with Gasteiger partial charge in [0.15, 0.2) is 5.16 Å². The minimum Gasteiger partial charge on any atom is -0.465 e. The molecule has 0 radical (unpaired) electrons. The fraction of sp³-hybridized carbons (Fsp3) is 0.154. The van der Waals surface area contributed by atoms with Gasteiger partial charge >= 0.3 is 5.97 Å². The summed E-state index contributed by atoms with van der Waals surface area (Å²) in [6.45, 7) is 1.90. The smallest absolute Gasteiger partial charge is 0.339 e. The number of esters is 1. The summed E-state index contributed by atoms with van der Waals surface area (Å²) in [4.78, 5) is 20.8. The molecule has 1 aromatic carbocycles. The molecule has 0 unspecified atom stereocenters. The van der Waals surface area contributed by atoms with E-state index in [2.05, 4.69) is 14.7 Å². The number of aromatic nitrogens is 2. The molecule has 0 bridgehead atoms. The second kappa shape index (κ2) is 5.71. The number of nitrogens with two attached hydrogens (primary N) is 1. The zero-order valence-electron chi connectivity index (χ0n) is 10.6. The summed E-state index contributed by atoms with van der Waals surface area (Å²) < 4.78 is 4.68. The summed E-state index contributed by atoms with van der Waals surface area (Å²) in [6.07, 6.45) is 1.70. The number of methoxy groups -OCH3 is 1. The predicted octanol–water partition coefficient (Wildman–Crippen LogP) is 2.31. The van der Waals surface area contributed by atoms with Crippen molar-refractivity contribution in [1.29, 1.82) is 0 Å². The Kier molecular flexibility index (Phi) is 4.01. The van der Waals surface area contributed by atoms with Crippen LogP contribution in [0, 0.1) is 6.92 Å². The molecule has 0 aliphatic rings. The molecule has 0 saturated carbocycles. The highest BCUT2D eigenvalue weighted by molar-refractivity contribution is 7.99. The molecule has 0 aliphatic carbocycles. The van der Waals surface area contributed by atoms with Gasteiger partial charge in [-0.2, -0.15) is 0 Å². The van der Waals surface area contributed by atoms with Gasteiger partial charge in [0.05, 0.1) is 12.7 Å². The predicted molar refractivity (Wildman–Crippen MR) is 73.1 cm³/mol. The Bertz CT molecular complexity index is 617. The van der Waals surface area contributed by atoms with Crippen molar-refractivity contribution >= 4 is 23.4 Å². The minimum atomic E-state index is -0.454. The summed E-state index contributed by atoms with van der Waals surface area (Å²) >= 11 is 1.37. The van der Waals surface area contributed by atoms with Gasteiger partial charge in [0.2, 0.25) is 0 Å². The van der Waals surface area contributed by atoms with Gasteiger partial charge < -0.3 is 10.5 Å². The van der Waals surface area contributed by atoms with E-state index in [1.807, 2.05) is 19.1 Å². The Hall–Kier alpha value is -2.08. The van der Waals surface area contributed by atoms with Crippen molar-refractivity contribution in [2.45, 2.75) is 17.0 Å². The molecule has 1 aromatic heterocycles. The third kappa shape index (κ3) is 3.23. The van der Waals surface area contributed by atoms with Gasteiger partial charge in [0, 0.05) is 22.5 Å². The van der Waals surface area contributed by atoms with E-state index >= 15 is 0 Å². The number of benzene rings is 1. The SMILES string of the molecule is COC(=O)c1cc(Sc2nccc(C)n2)ccc1N. The average molecular weight is 275 g/mol. The van der Waals surface area contributed by atoms with E-state index in [4.69, 9.17) is 5.73 Å². The van der Waals surface area contributed by atoms with Gasteiger partial charge in [-0.25, -0.2) is 14.8 Å². The number of hydrogen-bond acceptors (Lipinski definition) is 6. The summed E-state index contributed by atoms with van der Waals surface area (Å²) in [7, 11) is 1.32. The quantitative estimate of drug-likeness (QED) is 0.526. The number of hydrogen-bond donors (Lipinski definition) is 1. The van der Waals surface area contributed by atoms with Crippen molar-refractivity contribution in [2.75, 3.05) is 12.8 Å². The molecule has 2 N–H and O–H groups in total. The van der Waals surface area contributed by atoms with Crippen LogP contribution in [0.5, 0.6) is 0 Å². The summed E-state index contributed by atoms with van der Waals surface area (Å²) in [5.41, 5.74) is 7.37. The standard InChI is InChI=1S/C13H13N3O2S/c1-8-5-6-15-13(16-8)19-9-3-4-11(14)10(7-9)12(17)18-2/h3-7H,14H2,1-2H3. The number of carbonyl (C=O) groups is 1. The maximum Gasteiger partial charge on any atom is 0.339 e. The van der Waals surface area contributed by atoms with Crippen LogP contribution in [0.1, 0.15) is 16.1 Å². The Balaban J connectivity index is 2.29. The van der Waals surface area contributed by atoms with E-state index in [0.717, 1.165) is 10.6 Å². The van der Waals surface area contributed by atoms with Crippen LogP contribution in [0.4, 0.5) is 5.69 Å². The first-order valence-corrected chi connectivity index (χ1v) is 6.37. The topological polar surface area (TPSA) is 78.1 Å². The van der Waals surface area contributed by atoms with E-state index in [1.54, 1.807) is 18.3 Å². The van der Waals surface area contributed by atoms with Crippen molar-refractivity contribution in [1.82, 2.24) is 9.97 Å². The third-order valence-corrected chi connectivity index (χ3v) is 3.28. The number of carbonyl (C=O) groups excluding carboxylic acids is 1. The van der Waals surface area contributed by atoms with Crippen LogP contribution in [0.2, 0.25) is 0 Å². The van der Waals surface area contributed by atoms with Gasteiger partial charge in [0.25, 0.3) is 0 Å². The summed E-state index contributed by atoms with van der Waals surface area (Å²) in [5.74, 6) is -0.454. The summed E-state index contributed by atoms with van der Waals surface area (Å²) in [5, 5.41) is 0.626. The molecule has 6 heteroatoms. The van der Waals surface area contributed by atoms with Gasteiger partial charge in [-0.15, -0.1) is 0 Å². The maximum atomic E-state index is 11.6. The number of nitrogens with zero attached hydrogens (tertiary/aromatic N) is 2. The molecular formula is C13H13N3O2S. The highest BCUT2D eigenvalue weighted by atomic mass is 32.2. The Morgan fingerprint density at radius 1 is 1.37 bits per heavy atom. The zero-order valence-corrected chi connectivity index (χ0v) is 11.4. The summed E-state index contributed by atoms with van der Waals surface area (Å²) in [6, 6.07) is 6.99. The first-order chi connectivity index (χ1) is 9.10. The highest BCUT2D eigenvalue weighted by Crippen LogP contribution is 2.27. The van der Waals surface area contributed by atoms with Crippen molar-refractivity contribution < 1.29 is 9.53 Å². The molecule has 0 spiro atoms. The van der Waals surface area contributed by atoms with E-state index in [0.29, 0.717) is 16.4 Å². The van der Waals surface area contributed by atoms with Crippen molar-refractivity contribution in [3.63, 3.8) is 0 Å². The lowest BCUT2D eigenvalue weighted by Crippen LogP contribution is -2.05. The second-order valence-electron chi connectivity index (χ2n) is 3.82. The first kappa shape index (κ1) is 13.4. The Morgan fingerprint density at radius 2 is 2.16 bits per heavy atom. The van der Waals surface area contributed by atoms with Gasteiger partial charge in [-0.3, -0.25) is 0 Å². The monoisotopic (exact) mass is 275 g/mol. The normalized spacial score (nSPS) is 10.2. The molecule has 0 amide bonds. The van der Waals surface area contributed by atoms with Crippen LogP contribution in [0.3, 0.4) is 0 Å². The largest absolute Gasteiger partial charge is 0.465 e. The lowest BCUT2D eigenvalue weighted by Gasteiger charge is -2.06. The lowest BCUT2D eigenvalue weighted by molar-refractivity contribution is 0.0601. The molecule has 2 aromatic rings. The van der Waals surface area contributed by atoms with Crippen molar-refractivity contribution in [2.24, 2.45) is 0 Å². The van der Waals surface area contributed by atoms with E-state index in [1.165, 1.54) is 18.9 Å². The third-order valence-electron chi connectivity index (χ3n) is 2.41. The number of aryl methyl sites for hydroxylation is 1. The number of rotatable bonds is 3. The Morgan fingerprint density at radius 3 is 2.84 bits per heavy atom. The van der Waals surface area contributed by atoms with Gasteiger partial charge in [0.1, 0.15) is 0 Å². The molecule has 0 aliphatic heterocycles. The fourth-order valence-electron chi connectivity index (χ4n) is 1.47. The van der Waals surface area contributed by atoms with Crippen LogP contribution in [0.25, 0.3) is 0 Å². The van der Waals surface area contributed by atoms with Gasteiger partial charge in [-0.1, -0.05) is 0 Å².